The van der Waals surface area contributed by atoms with Crippen LogP contribution in [0.25, 0.3) is 0 Å². The van der Waals surface area contributed by atoms with E-state index < -0.39 is 19.9 Å². The Kier molecular flexibility index (Phi) is 2.22. The standard InChI is InChI=1S/C6H7NO5S/c8-7(9)6(13(10,11)12)4-2-1-3-5-6/h1-4H,5H2,(H,10,11,12). The highest BCUT2D eigenvalue weighted by Crippen LogP contribution is 2.26. The second-order valence-electron chi connectivity index (χ2n) is 2.57. The molecule has 0 aliphatic heterocycles. The van der Waals surface area contributed by atoms with Gasteiger partial charge in [0, 0.05) is 11.0 Å². The zero-order valence-electron chi connectivity index (χ0n) is 6.45. The molecule has 0 amide bonds. The molecule has 1 N–H and O–H groups in total. The van der Waals surface area contributed by atoms with Gasteiger partial charge in [-0.2, -0.15) is 8.42 Å². The summed E-state index contributed by atoms with van der Waals surface area (Å²) in [5, 5.41) is 10.5. The van der Waals surface area contributed by atoms with E-state index in [-0.39, 0.29) is 6.42 Å². The van der Waals surface area contributed by atoms with Crippen molar-refractivity contribution in [2.75, 3.05) is 0 Å². The predicted molar refractivity (Wildman–Crippen MR) is 44.2 cm³/mol. The molecule has 0 saturated carbocycles. The quantitative estimate of drug-likeness (QED) is 0.399. The summed E-state index contributed by atoms with van der Waals surface area (Å²) in [6.07, 6.45) is 4.53. The fourth-order valence-electron chi connectivity index (χ4n) is 1.01. The lowest BCUT2D eigenvalue weighted by molar-refractivity contribution is -0.527. The van der Waals surface area contributed by atoms with E-state index >= 15 is 0 Å². The van der Waals surface area contributed by atoms with Crippen LogP contribution in [-0.2, 0) is 10.1 Å². The Hall–Kier alpha value is -1.21. The van der Waals surface area contributed by atoms with Gasteiger partial charge in [0.1, 0.15) is 0 Å². The predicted octanol–water partition coefficient (Wildman–Crippen LogP) is 0.363. The molecule has 0 aromatic heterocycles. The molecule has 1 unspecified atom stereocenters. The molecule has 1 aliphatic carbocycles. The number of nitro groups is 1. The van der Waals surface area contributed by atoms with Crippen LogP contribution in [0.4, 0.5) is 0 Å². The average Bonchev–Trinajstić information content (AvgIpc) is 2.03. The number of rotatable bonds is 2. The van der Waals surface area contributed by atoms with Crippen LogP contribution >= 0.6 is 0 Å². The maximum absolute atomic E-state index is 10.8. The fraction of sp³-hybridized carbons (Fsp3) is 0.333. The lowest BCUT2D eigenvalue weighted by Crippen LogP contribution is -2.44. The van der Waals surface area contributed by atoms with E-state index in [1.165, 1.54) is 18.2 Å². The molecule has 1 rings (SSSR count). The summed E-state index contributed by atoms with van der Waals surface area (Å²) < 4.78 is 30.3. The van der Waals surface area contributed by atoms with Gasteiger partial charge in [0.05, 0.1) is 6.42 Å². The Balaban J connectivity index is 3.27. The second-order valence-corrected chi connectivity index (χ2v) is 4.23. The molecule has 72 valence electrons. The van der Waals surface area contributed by atoms with Gasteiger partial charge in [0.25, 0.3) is 0 Å². The van der Waals surface area contributed by atoms with E-state index in [1.807, 2.05) is 0 Å². The van der Waals surface area contributed by atoms with E-state index in [1.54, 1.807) is 0 Å². The van der Waals surface area contributed by atoms with Gasteiger partial charge in [-0.3, -0.25) is 14.7 Å². The van der Waals surface area contributed by atoms with Gasteiger partial charge >= 0.3 is 15.0 Å². The first-order chi connectivity index (χ1) is 5.90. The summed E-state index contributed by atoms with van der Waals surface area (Å²) in [5.41, 5.74) is 0. The molecule has 0 spiro atoms. The highest BCUT2D eigenvalue weighted by Gasteiger charge is 2.52. The number of nitrogens with zero attached hydrogens (tertiary/aromatic N) is 1. The van der Waals surface area contributed by atoms with Gasteiger partial charge in [-0.1, -0.05) is 18.2 Å². The Labute approximate surface area is 74.5 Å². The van der Waals surface area contributed by atoms with Crippen LogP contribution in [0.3, 0.4) is 0 Å². The van der Waals surface area contributed by atoms with Crippen molar-refractivity contribution in [3.8, 4) is 0 Å². The first-order valence-corrected chi connectivity index (χ1v) is 4.80. The lowest BCUT2D eigenvalue weighted by atomic mass is 10.1. The van der Waals surface area contributed by atoms with Gasteiger partial charge in [0.2, 0.25) is 0 Å². The molecule has 6 nitrogen and oxygen atoms in total. The van der Waals surface area contributed by atoms with Crippen LogP contribution in [0.2, 0.25) is 0 Å². The maximum atomic E-state index is 10.8. The Bertz CT molecular complexity index is 382. The number of hydrogen-bond acceptors (Lipinski definition) is 4. The summed E-state index contributed by atoms with van der Waals surface area (Å²) in [7, 11) is -4.72. The highest BCUT2D eigenvalue weighted by molar-refractivity contribution is 7.87. The zero-order chi connectivity index (χ0) is 10.1. The molecule has 0 bridgehead atoms. The minimum atomic E-state index is -4.72. The second kappa shape index (κ2) is 2.93. The molecular weight excluding hydrogens is 198 g/mol. The molecule has 0 aromatic carbocycles. The molecule has 0 aromatic rings. The molecule has 0 fully saturated rings. The van der Waals surface area contributed by atoms with Crippen molar-refractivity contribution in [3.63, 3.8) is 0 Å². The van der Waals surface area contributed by atoms with Crippen LogP contribution in [0.1, 0.15) is 6.42 Å². The third-order valence-electron chi connectivity index (χ3n) is 1.77. The minimum Gasteiger partial charge on any atom is -0.280 e. The minimum absolute atomic E-state index is 0.352. The van der Waals surface area contributed by atoms with Crippen LogP contribution < -0.4 is 0 Å². The summed E-state index contributed by atoms with van der Waals surface area (Å²) in [4.78, 5) is 7.09. The number of hydrogen-bond donors (Lipinski definition) is 1. The molecule has 7 heteroatoms. The smallest absolute Gasteiger partial charge is 0.280 e. The average molecular weight is 205 g/mol. The third kappa shape index (κ3) is 1.47. The van der Waals surface area contributed by atoms with Crippen LogP contribution in [0.5, 0.6) is 0 Å². The van der Waals surface area contributed by atoms with Gasteiger partial charge in [0.15, 0.2) is 0 Å². The molecule has 1 atom stereocenters. The summed E-state index contributed by atoms with van der Waals surface area (Å²) >= 11 is 0. The lowest BCUT2D eigenvalue weighted by Gasteiger charge is -2.18. The Morgan fingerprint density at radius 2 is 2.08 bits per heavy atom. The van der Waals surface area contributed by atoms with Crippen molar-refractivity contribution in [1.29, 1.82) is 0 Å². The van der Waals surface area contributed by atoms with Crippen molar-refractivity contribution >= 4 is 10.1 Å². The van der Waals surface area contributed by atoms with E-state index in [9.17, 15) is 18.5 Å². The zero-order valence-corrected chi connectivity index (χ0v) is 7.27. The Morgan fingerprint density at radius 3 is 2.31 bits per heavy atom. The monoisotopic (exact) mass is 205 g/mol. The summed E-state index contributed by atoms with van der Waals surface area (Å²) in [6.45, 7) is 0. The van der Waals surface area contributed by atoms with Crippen molar-refractivity contribution in [1.82, 2.24) is 0 Å². The van der Waals surface area contributed by atoms with E-state index in [0.717, 1.165) is 6.08 Å². The highest BCUT2D eigenvalue weighted by atomic mass is 32.2. The maximum Gasteiger partial charge on any atom is 0.364 e. The largest absolute Gasteiger partial charge is 0.364 e. The third-order valence-corrected chi connectivity index (χ3v) is 3.12. The van der Waals surface area contributed by atoms with E-state index in [2.05, 4.69) is 0 Å². The van der Waals surface area contributed by atoms with E-state index in [4.69, 9.17) is 4.55 Å². The Morgan fingerprint density at radius 1 is 1.46 bits per heavy atom. The topological polar surface area (TPSA) is 97.5 Å². The van der Waals surface area contributed by atoms with Crippen molar-refractivity contribution in [3.05, 3.63) is 34.4 Å². The summed E-state index contributed by atoms with van der Waals surface area (Å²) in [6, 6.07) is 0. The molecular formula is C6H7NO5S. The first kappa shape index (κ1) is 9.87. The number of allylic oxidation sites excluding steroid dienone is 2. The molecule has 0 saturated heterocycles. The van der Waals surface area contributed by atoms with Gasteiger partial charge in [-0.25, -0.2) is 0 Å². The van der Waals surface area contributed by atoms with Gasteiger partial charge in [-0.15, -0.1) is 0 Å². The van der Waals surface area contributed by atoms with Crippen LogP contribution in [-0.4, -0.2) is 22.8 Å². The van der Waals surface area contributed by atoms with Crippen LogP contribution in [0.15, 0.2) is 24.3 Å². The van der Waals surface area contributed by atoms with Crippen LogP contribution in [0, 0.1) is 10.1 Å². The summed E-state index contributed by atoms with van der Waals surface area (Å²) in [5.74, 6) is 0. The molecule has 1 aliphatic rings. The fourth-order valence-corrected chi connectivity index (χ4v) is 1.76. The van der Waals surface area contributed by atoms with Crippen molar-refractivity contribution < 1.29 is 17.9 Å². The first-order valence-electron chi connectivity index (χ1n) is 3.36. The van der Waals surface area contributed by atoms with Gasteiger partial charge < -0.3 is 0 Å². The SMILES string of the molecule is O=[N+]([O-])C1(S(=O)(=O)O)C=CC=CC1. The van der Waals surface area contributed by atoms with Crippen molar-refractivity contribution in [2.45, 2.75) is 11.3 Å². The molecule has 13 heavy (non-hydrogen) atoms. The van der Waals surface area contributed by atoms with Gasteiger partial charge in [-0.05, 0) is 0 Å². The molecule has 0 radical (unpaired) electrons. The van der Waals surface area contributed by atoms with E-state index in [0.29, 0.717) is 0 Å². The molecule has 0 heterocycles. The van der Waals surface area contributed by atoms with Crippen molar-refractivity contribution in [2.24, 2.45) is 0 Å². The normalized spacial score (nSPS) is 27.5.